The lowest BCUT2D eigenvalue weighted by atomic mass is 9.94. The fraction of sp³-hybridized carbons (Fsp3) is 0.368. The van der Waals surface area contributed by atoms with Gasteiger partial charge in [-0.2, -0.15) is 0 Å². The average Bonchev–Trinajstić information content (AvgIpc) is 2.51. The number of nitrogens with one attached hydrogen (secondary N) is 1. The summed E-state index contributed by atoms with van der Waals surface area (Å²) in [6.07, 6.45) is 3.65. The summed E-state index contributed by atoms with van der Waals surface area (Å²) in [6, 6.07) is 15.2. The monoisotopic (exact) mass is 301 g/mol. The van der Waals surface area contributed by atoms with Gasteiger partial charge in [0.05, 0.1) is 6.04 Å². The van der Waals surface area contributed by atoms with Crippen molar-refractivity contribution >= 4 is 11.6 Å². The molecule has 2 rings (SSSR count). The van der Waals surface area contributed by atoms with Crippen molar-refractivity contribution in [3.8, 4) is 0 Å². The van der Waals surface area contributed by atoms with Crippen molar-refractivity contribution in [1.82, 2.24) is 5.32 Å². The third-order valence-electron chi connectivity index (χ3n) is 4.04. The first kappa shape index (κ1) is 16.1. The summed E-state index contributed by atoms with van der Waals surface area (Å²) in [7, 11) is 2.00. The fourth-order valence-corrected chi connectivity index (χ4v) is 2.88. The van der Waals surface area contributed by atoms with Gasteiger partial charge in [-0.3, -0.25) is 0 Å². The zero-order valence-electron chi connectivity index (χ0n) is 13.1. The van der Waals surface area contributed by atoms with E-state index in [0.717, 1.165) is 17.0 Å². The number of hydrogen-bond acceptors (Lipinski definition) is 1. The highest BCUT2D eigenvalue weighted by Gasteiger charge is 2.15. The first-order valence-electron chi connectivity index (χ1n) is 7.68. The second-order valence-corrected chi connectivity index (χ2v) is 5.93. The molecule has 1 atom stereocenters. The van der Waals surface area contributed by atoms with Gasteiger partial charge in [-0.05, 0) is 55.1 Å². The topological polar surface area (TPSA) is 12.0 Å². The smallest absolute Gasteiger partial charge is 0.0577 e. The molecule has 0 radical (unpaired) electrons. The minimum atomic E-state index is 0.184. The molecule has 2 aromatic carbocycles. The predicted molar refractivity (Wildman–Crippen MR) is 92.1 cm³/mol. The Morgan fingerprint density at radius 1 is 1.10 bits per heavy atom. The van der Waals surface area contributed by atoms with Gasteiger partial charge in [-0.25, -0.2) is 0 Å². The normalized spacial score (nSPS) is 12.4. The van der Waals surface area contributed by atoms with Crippen LogP contribution in [-0.2, 0) is 6.42 Å². The third-order valence-corrected chi connectivity index (χ3v) is 4.45. The quantitative estimate of drug-likeness (QED) is 0.763. The number of halogens is 1. The van der Waals surface area contributed by atoms with Crippen LogP contribution in [0, 0.1) is 6.92 Å². The molecule has 0 aromatic heterocycles. The first-order valence-corrected chi connectivity index (χ1v) is 8.06. The molecule has 2 heteroatoms. The van der Waals surface area contributed by atoms with Gasteiger partial charge >= 0.3 is 0 Å². The molecule has 0 amide bonds. The summed E-state index contributed by atoms with van der Waals surface area (Å²) in [6.45, 7) is 4.31. The number of aryl methyl sites for hydroxylation is 1. The van der Waals surface area contributed by atoms with Crippen molar-refractivity contribution in [1.29, 1.82) is 0 Å². The standard InChI is InChI=1S/C19H24ClN/c1-4-5-7-15-10-12-16(13-11-15)19(21-3)17-8-6-9-18(20)14(17)2/h6,8-13,19,21H,4-5,7H2,1-3H3. The SMILES string of the molecule is CCCCc1ccc(C(NC)c2cccc(Cl)c2C)cc1. The first-order chi connectivity index (χ1) is 10.2. The van der Waals surface area contributed by atoms with E-state index in [0.29, 0.717) is 0 Å². The highest BCUT2D eigenvalue weighted by molar-refractivity contribution is 6.31. The Kier molecular flexibility index (Phi) is 5.84. The van der Waals surface area contributed by atoms with Crippen molar-refractivity contribution in [2.24, 2.45) is 0 Å². The molecule has 0 bridgehead atoms. The van der Waals surface area contributed by atoms with E-state index in [1.165, 1.54) is 29.5 Å². The van der Waals surface area contributed by atoms with E-state index in [4.69, 9.17) is 11.6 Å². The lowest BCUT2D eigenvalue weighted by Crippen LogP contribution is -2.18. The number of hydrogen-bond donors (Lipinski definition) is 1. The maximum absolute atomic E-state index is 6.26. The Morgan fingerprint density at radius 2 is 1.81 bits per heavy atom. The van der Waals surface area contributed by atoms with Crippen LogP contribution in [0.5, 0.6) is 0 Å². The van der Waals surface area contributed by atoms with Gasteiger partial charge in [0.1, 0.15) is 0 Å². The summed E-state index contributed by atoms with van der Waals surface area (Å²) in [5.74, 6) is 0. The molecule has 0 aliphatic rings. The van der Waals surface area contributed by atoms with E-state index in [2.05, 4.69) is 49.5 Å². The average molecular weight is 302 g/mol. The molecular formula is C19H24ClN. The van der Waals surface area contributed by atoms with Crippen molar-refractivity contribution in [2.45, 2.75) is 39.2 Å². The summed E-state index contributed by atoms with van der Waals surface area (Å²) in [4.78, 5) is 0. The van der Waals surface area contributed by atoms with E-state index in [9.17, 15) is 0 Å². The van der Waals surface area contributed by atoms with Gasteiger partial charge in [-0.1, -0.05) is 61.3 Å². The largest absolute Gasteiger partial charge is 0.309 e. The zero-order valence-corrected chi connectivity index (χ0v) is 13.9. The molecular weight excluding hydrogens is 278 g/mol. The van der Waals surface area contributed by atoms with E-state index >= 15 is 0 Å². The molecule has 112 valence electrons. The van der Waals surface area contributed by atoms with E-state index in [-0.39, 0.29) is 6.04 Å². The van der Waals surface area contributed by atoms with Crippen LogP contribution in [0.15, 0.2) is 42.5 Å². The van der Waals surface area contributed by atoms with Crippen LogP contribution in [-0.4, -0.2) is 7.05 Å². The highest BCUT2D eigenvalue weighted by Crippen LogP contribution is 2.28. The van der Waals surface area contributed by atoms with Crippen LogP contribution in [0.4, 0.5) is 0 Å². The summed E-state index contributed by atoms with van der Waals surface area (Å²) in [5.41, 5.74) is 5.08. The van der Waals surface area contributed by atoms with Gasteiger partial charge in [0.15, 0.2) is 0 Å². The van der Waals surface area contributed by atoms with Crippen molar-refractivity contribution in [2.75, 3.05) is 7.05 Å². The number of benzene rings is 2. The third kappa shape index (κ3) is 3.87. The highest BCUT2D eigenvalue weighted by atomic mass is 35.5. The molecule has 1 N–H and O–H groups in total. The maximum Gasteiger partial charge on any atom is 0.0577 e. The Labute approximate surface area is 133 Å². The van der Waals surface area contributed by atoms with Crippen molar-refractivity contribution in [3.63, 3.8) is 0 Å². The maximum atomic E-state index is 6.26. The van der Waals surface area contributed by atoms with Gasteiger partial charge in [0.25, 0.3) is 0 Å². The van der Waals surface area contributed by atoms with Crippen molar-refractivity contribution in [3.05, 3.63) is 69.7 Å². The van der Waals surface area contributed by atoms with E-state index in [1.807, 2.05) is 19.2 Å². The second kappa shape index (κ2) is 7.63. The van der Waals surface area contributed by atoms with Crippen LogP contribution in [0.25, 0.3) is 0 Å². The van der Waals surface area contributed by atoms with Gasteiger partial charge in [0, 0.05) is 5.02 Å². The molecule has 1 nitrogen and oxygen atoms in total. The minimum Gasteiger partial charge on any atom is -0.309 e. The Morgan fingerprint density at radius 3 is 2.43 bits per heavy atom. The van der Waals surface area contributed by atoms with E-state index < -0.39 is 0 Å². The van der Waals surface area contributed by atoms with Gasteiger partial charge in [-0.15, -0.1) is 0 Å². The summed E-state index contributed by atoms with van der Waals surface area (Å²) >= 11 is 6.26. The summed E-state index contributed by atoms with van der Waals surface area (Å²) in [5, 5.41) is 4.23. The molecule has 0 heterocycles. The van der Waals surface area contributed by atoms with Crippen LogP contribution in [0.1, 0.15) is 48.1 Å². The predicted octanol–water partition coefficient (Wildman–Crippen LogP) is 5.30. The molecule has 21 heavy (non-hydrogen) atoms. The number of rotatable bonds is 6. The Hall–Kier alpha value is -1.31. The molecule has 0 saturated heterocycles. The van der Waals surface area contributed by atoms with E-state index in [1.54, 1.807) is 0 Å². The second-order valence-electron chi connectivity index (χ2n) is 5.52. The lowest BCUT2D eigenvalue weighted by molar-refractivity contribution is 0.687. The van der Waals surface area contributed by atoms with Crippen molar-refractivity contribution < 1.29 is 0 Å². The summed E-state index contributed by atoms with van der Waals surface area (Å²) < 4.78 is 0. The molecule has 2 aromatic rings. The molecule has 1 unspecified atom stereocenters. The Bertz CT molecular complexity index is 575. The molecule has 0 fully saturated rings. The molecule has 0 saturated carbocycles. The zero-order chi connectivity index (χ0) is 15.2. The van der Waals surface area contributed by atoms with Gasteiger partial charge < -0.3 is 5.32 Å². The van der Waals surface area contributed by atoms with Crippen LogP contribution in [0.3, 0.4) is 0 Å². The van der Waals surface area contributed by atoms with Crippen LogP contribution in [0.2, 0.25) is 5.02 Å². The Balaban J connectivity index is 2.27. The lowest BCUT2D eigenvalue weighted by Gasteiger charge is -2.20. The fourth-order valence-electron chi connectivity index (χ4n) is 2.70. The molecule has 0 spiro atoms. The number of unbranched alkanes of at least 4 members (excludes halogenated alkanes) is 1. The van der Waals surface area contributed by atoms with Gasteiger partial charge in [0.2, 0.25) is 0 Å². The minimum absolute atomic E-state index is 0.184. The van der Waals surface area contributed by atoms with Crippen LogP contribution >= 0.6 is 11.6 Å². The molecule has 0 aliphatic heterocycles. The molecule has 0 aliphatic carbocycles. The van der Waals surface area contributed by atoms with Crippen LogP contribution < -0.4 is 5.32 Å².